The third kappa shape index (κ3) is 52.5. The van der Waals surface area contributed by atoms with Crippen LogP contribution in [0.5, 0.6) is 0 Å². The Bertz CT molecular complexity index is 4390. The number of ether oxygens (including phenoxy) is 12. The van der Waals surface area contributed by atoms with Gasteiger partial charge >= 0.3 is 71.6 Å². The first kappa shape index (κ1) is 104. The first-order valence-corrected chi connectivity index (χ1v) is 37.7. The number of hydrogen-bond acceptors (Lipinski definition) is 30. The largest absolute Gasteiger partial charge is 0.466 e. The normalized spacial score (nSPS) is 15.9. The molecule has 0 aromatic carbocycles. The Balaban J connectivity index is 0.000000497. The molecule has 0 unspecified atom stereocenters. The van der Waals surface area contributed by atoms with Crippen molar-refractivity contribution in [3.8, 4) is 0 Å². The van der Waals surface area contributed by atoms with E-state index in [1.165, 1.54) is 50.0 Å². The number of amides is 6. The monoisotopic (exact) mass is 1700 g/mol. The molecule has 0 saturated heterocycles. The van der Waals surface area contributed by atoms with E-state index in [0.29, 0.717) is 113 Å². The highest BCUT2D eigenvalue weighted by Gasteiger charge is 2.22. The van der Waals surface area contributed by atoms with E-state index < -0.39 is 77.2 Å². The maximum absolute atomic E-state index is 11.6. The molecule has 6 N–H and O–H groups in total. The van der Waals surface area contributed by atoms with Crippen molar-refractivity contribution in [3.63, 3.8) is 0 Å². The molecule has 1 saturated carbocycles. The van der Waals surface area contributed by atoms with Gasteiger partial charge in [-0.2, -0.15) is 0 Å². The highest BCUT2D eigenvalue weighted by molar-refractivity contribution is 5.98. The number of carbonyl (C=O) groups excluding carboxylic acids is 18. The lowest BCUT2D eigenvalue weighted by Gasteiger charge is -2.20. The first-order chi connectivity index (χ1) is 57.4. The Morgan fingerprint density at radius 1 is 0.352 bits per heavy atom. The maximum Gasteiger partial charge on any atom is 0.331 e. The van der Waals surface area contributed by atoms with Crippen LogP contribution in [0.15, 0.2) is 216 Å². The van der Waals surface area contributed by atoms with Gasteiger partial charge in [0.25, 0.3) is 0 Å². The lowest BCUT2D eigenvalue weighted by molar-refractivity contribution is -0.149. The number of methoxy groups -OCH3 is 1. The lowest BCUT2D eigenvalue weighted by Crippen LogP contribution is -2.26. The minimum Gasteiger partial charge on any atom is -0.466 e. The Kier molecular flexibility index (Phi) is 47.9. The Morgan fingerprint density at radius 3 is 0.828 bits per heavy atom. The van der Waals surface area contributed by atoms with E-state index in [4.69, 9.17) is 47.4 Å². The first-order valence-electron chi connectivity index (χ1n) is 37.7. The van der Waals surface area contributed by atoms with Crippen LogP contribution in [0.25, 0.3) is 0 Å². The summed E-state index contributed by atoms with van der Waals surface area (Å²) >= 11 is 0. The second-order valence-corrected chi connectivity index (χ2v) is 28.1. The van der Waals surface area contributed by atoms with Gasteiger partial charge in [-0.05, 0) is 107 Å². The third-order valence-corrected chi connectivity index (χ3v) is 14.6. The molecular weight excluding hydrogens is 1600 g/mol. The molecule has 1 aliphatic carbocycles. The third-order valence-electron chi connectivity index (χ3n) is 14.6. The van der Waals surface area contributed by atoms with Gasteiger partial charge in [-0.1, -0.05) is 59.7 Å². The van der Waals surface area contributed by atoms with Gasteiger partial charge in [0.05, 0.1) is 26.4 Å². The van der Waals surface area contributed by atoms with Crippen molar-refractivity contribution in [3.05, 3.63) is 216 Å². The number of nitrogens with one attached hydrogen (secondary N) is 6. The van der Waals surface area contributed by atoms with Gasteiger partial charge in [-0.15, -0.1) is 0 Å². The summed E-state index contributed by atoms with van der Waals surface area (Å²) in [6.07, 6.45) is 27.7. The molecule has 6 amide bonds. The standard InChI is InChI=1S/C17H21NO5.2C15H19NO5.C14H17NO5.C13H15NO5.C12H13NO5/c1-12-9-13(10-15(19)18-12)11-22-16(20)7-8-17(21)23-14-5-3-2-4-6-14;1-10-7-11(8-12(17)16-10)9-20-13(18)5-6-14(19)21-15(2,3)4;1-10(2)8-20-14(18)4-5-15(19)21-9-12-6-11(3)16-13(17)7-12;1-9(2)20-14(18)5-4-13(17)19-8-11-6-10(3)15-12(16)7-11;1-3-18-12(16)4-5-13(17)19-8-10-6-9(2)14-11(15)7-10;1-8-5-9(6-10(14)13-8)7-18-12(16)4-3-11(15)17-2/h7-8,10,14H,1-6,9,11H2,(H,18,19);5-6,8H,1,7,9H2,2-4H3,(H,16,17);4-5,7,10H,3,6,8-9H2,1-2H3,(H,16,17);4-5,7,9H,3,6,8H2,1-2H3,(H,15,16);4-5,7H,2-3,6,8H2,1H3,(H,14,15);3-4,6H,1,5,7H2,2H3,(H,13,14)/b8-7+;6-5+;3*5-4+;4-3+. The van der Waals surface area contributed by atoms with Crippen LogP contribution in [0.4, 0.5) is 0 Å². The number of carbonyl (C=O) groups is 18. The molecule has 0 spiro atoms. The summed E-state index contributed by atoms with van der Waals surface area (Å²) in [6, 6.07) is 0. The van der Waals surface area contributed by atoms with Gasteiger partial charge < -0.3 is 88.7 Å². The van der Waals surface area contributed by atoms with Crippen LogP contribution in [0, 0.1) is 5.92 Å². The fraction of sp³-hybridized carbons (Fsp3) is 0.372. The quantitative estimate of drug-likeness (QED) is 0.0269. The summed E-state index contributed by atoms with van der Waals surface area (Å²) in [5.74, 6) is -9.13. The van der Waals surface area contributed by atoms with Gasteiger partial charge in [-0.3, -0.25) is 28.8 Å². The molecule has 0 aromatic heterocycles. The highest BCUT2D eigenvalue weighted by Crippen LogP contribution is 2.22. The summed E-state index contributed by atoms with van der Waals surface area (Å²) in [7, 11) is 1.20. The molecule has 7 rings (SSSR count). The van der Waals surface area contributed by atoms with Crippen molar-refractivity contribution >= 4 is 107 Å². The van der Waals surface area contributed by atoms with Crippen molar-refractivity contribution in [1.82, 2.24) is 31.9 Å². The van der Waals surface area contributed by atoms with Crippen LogP contribution in [0.3, 0.4) is 0 Å². The van der Waals surface area contributed by atoms with Gasteiger partial charge in [0, 0.05) is 182 Å². The zero-order valence-corrected chi connectivity index (χ0v) is 69.5. The smallest absolute Gasteiger partial charge is 0.331 e. The maximum atomic E-state index is 11.6. The van der Waals surface area contributed by atoms with Crippen LogP contribution < -0.4 is 31.9 Å². The highest BCUT2D eigenvalue weighted by atomic mass is 16.6. The van der Waals surface area contributed by atoms with E-state index in [9.17, 15) is 86.3 Å². The molecule has 36 heteroatoms. The Labute approximate surface area is 705 Å². The molecule has 0 bridgehead atoms. The molecule has 36 nitrogen and oxygen atoms in total. The molecule has 6 aliphatic heterocycles. The summed E-state index contributed by atoms with van der Waals surface area (Å²) in [6.45, 7) is 36.4. The van der Waals surface area contributed by atoms with Crippen LogP contribution in [-0.4, -0.2) is 185 Å². The molecule has 658 valence electrons. The molecular formula is C86H104N6O30. The molecule has 7 aliphatic rings. The summed E-state index contributed by atoms with van der Waals surface area (Å²) < 4.78 is 58.4. The molecule has 0 atom stereocenters. The van der Waals surface area contributed by atoms with Gasteiger partial charge in [-0.25, -0.2) is 57.5 Å². The van der Waals surface area contributed by atoms with Crippen LogP contribution >= 0.6 is 0 Å². The topological polar surface area (TPSA) is 490 Å². The summed E-state index contributed by atoms with van der Waals surface area (Å²) in [4.78, 5) is 203. The Hall–Kier alpha value is -14.2. The SMILES string of the molecule is C=C1CC(COC(=O)/C=C/C(=O)OC(C)(C)C)=CC(=O)N1.C=C1CC(COC(=O)/C=C/C(=O)OC(C)C)=CC(=O)N1.C=C1CC(COC(=O)/C=C/C(=O)OC)=CC(=O)N1.C=C1CC(COC(=O)/C=C/C(=O)OC2CCCCC2)=CC(=O)N1.C=C1CC(COC(=O)/C=C/C(=O)OCC(C)C)=CC(=O)N1.C=C1CC(COC(=O)/C=C/C(=O)OCC)=CC(=O)N1. The fourth-order valence-electron chi connectivity index (χ4n) is 9.78. The van der Waals surface area contributed by atoms with Gasteiger partial charge in [0.1, 0.15) is 51.3 Å². The molecule has 0 radical (unpaired) electrons. The van der Waals surface area contributed by atoms with E-state index in [1.54, 1.807) is 41.5 Å². The summed E-state index contributed by atoms with van der Waals surface area (Å²) in [5, 5.41) is 15.2. The summed E-state index contributed by atoms with van der Waals surface area (Å²) in [5.41, 5.74) is 6.60. The van der Waals surface area contributed by atoms with Crippen molar-refractivity contribution in [2.24, 2.45) is 5.92 Å². The van der Waals surface area contributed by atoms with Crippen LogP contribution in [0.1, 0.15) is 126 Å². The van der Waals surface area contributed by atoms with Crippen LogP contribution in [0.2, 0.25) is 0 Å². The number of hydrogen-bond donors (Lipinski definition) is 6. The number of allylic oxidation sites excluding steroid dienone is 6. The van der Waals surface area contributed by atoms with Gasteiger partial charge in [0.2, 0.25) is 35.4 Å². The van der Waals surface area contributed by atoms with Crippen molar-refractivity contribution in [2.75, 3.05) is 60.0 Å². The van der Waals surface area contributed by atoms with Crippen LogP contribution in [-0.2, 0) is 143 Å². The van der Waals surface area contributed by atoms with Crippen molar-refractivity contribution in [1.29, 1.82) is 0 Å². The molecule has 122 heavy (non-hydrogen) atoms. The van der Waals surface area contributed by atoms with E-state index in [1.807, 2.05) is 13.8 Å². The van der Waals surface area contributed by atoms with E-state index in [0.717, 1.165) is 98.6 Å². The Morgan fingerprint density at radius 2 is 0.590 bits per heavy atom. The molecule has 6 heterocycles. The second kappa shape index (κ2) is 56.2. The van der Waals surface area contributed by atoms with Crippen molar-refractivity contribution < 1.29 is 143 Å². The second-order valence-electron chi connectivity index (χ2n) is 28.1. The van der Waals surface area contributed by atoms with E-state index >= 15 is 0 Å². The average molecular weight is 1700 g/mol. The van der Waals surface area contributed by atoms with Gasteiger partial charge in [0.15, 0.2) is 0 Å². The minimum atomic E-state index is -0.683. The molecule has 1 fully saturated rings. The zero-order chi connectivity index (χ0) is 91.4. The van der Waals surface area contributed by atoms with Crippen molar-refractivity contribution in [2.45, 2.75) is 144 Å². The number of esters is 12. The predicted octanol–water partition coefficient (Wildman–Crippen LogP) is 6.38. The predicted molar refractivity (Wildman–Crippen MR) is 435 cm³/mol. The minimum absolute atomic E-state index is 0.00666. The fourth-order valence-corrected chi connectivity index (χ4v) is 9.78. The average Bonchev–Trinajstić information content (AvgIpc) is 0.917. The van der Waals surface area contributed by atoms with E-state index in [-0.39, 0.29) is 99.8 Å². The van der Waals surface area contributed by atoms with E-state index in [2.05, 4.69) is 80.8 Å². The lowest BCUT2D eigenvalue weighted by atomic mass is 9.98. The zero-order valence-electron chi connectivity index (χ0n) is 69.5. The number of rotatable bonds is 29. The molecule has 0 aromatic rings.